The Morgan fingerprint density at radius 2 is 2.00 bits per heavy atom. The minimum Gasteiger partial charge on any atom is -0.379 e. The van der Waals surface area contributed by atoms with Gasteiger partial charge in [0, 0.05) is 17.1 Å². The van der Waals surface area contributed by atoms with Gasteiger partial charge in [0.05, 0.1) is 23.1 Å². The molecule has 1 atom stereocenters. The number of carbonyl (C=O) groups is 1. The number of carbonyl (C=O) groups excluding carboxylic acids is 1. The summed E-state index contributed by atoms with van der Waals surface area (Å²) in [5, 5.41) is 2.90. The average Bonchev–Trinajstić information content (AvgIpc) is 3.31. The fourth-order valence-electron chi connectivity index (χ4n) is 2.45. The van der Waals surface area contributed by atoms with Gasteiger partial charge in [-0.05, 0) is 59.8 Å². The number of sulfonamides is 1. The van der Waals surface area contributed by atoms with E-state index >= 15 is 0 Å². The first kappa shape index (κ1) is 16.9. The molecule has 1 unspecified atom stereocenters. The molecule has 126 valence electrons. The maximum absolute atomic E-state index is 12.4. The van der Waals surface area contributed by atoms with Gasteiger partial charge in [-0.1, -0.05) is 0 Å². The first-order valence-electron chi connectivity index (χ1n) is 7.66. The van der Waals surface area contributed by atoms with Crippen molar-refractivity contribution in [1.29, 1.82) is 0 Å². The Bertz CT molecular complexity index is 697. The summed E-state index contributed by atoms with van der Waals surface area (Å²) in [7, 11) is -3.58. The highest BCUT2D eigenvalue weighted by Crippen LogP contribution is 2.25. The molecule has 0 radical (unpaired) electrons. The van der Waals surface area contributed by atoms with Gasteiger partial charge in [0.2, 0.25) is 10.0 Å². The third kappa shape index (κ3) is 4.32. The fourth-order valence-corrected chi connectivity index (χ4v) is 4.21. The van der Waals surface area contributed by atoms with Crippen LogP contribution in [0.3, 0.4) is 0 Å². The third-order valence-corrected chi connectivity index (χ3v) is 6.10. The van der Waals surface area contributed by atoms with E-state index in [4.69, 9.17) is 4.74 Å². The first-order chi connectivity index (χ1) is 11.0. The number of hydrogen-bond acceptors (Lipinski definition) is 4. The normalized spacial score (nSPS) is 21.9. The molecular weight excluding hydrogens is 384 g/mol. The number of hydrogen-bond donors (Lipinski definition) is 2. The molecule has 0 spiro atoms. The zero-order chi connectivity index (χ0) is 16.4. The molecule has 1 heterocycles. The zero-order valence-corrected chi connectivity index (χ0v) is 15.0. The quantitative estimate of drug-likeness (QED) is 0.786. The van der Waals surface area contributed by atoms with Crippen molar-refractivity contribution >= 4 is 31.9 Å². The van der Waals surface area contributed by atoms with Crippen molar-refractivity contribution in [2.75, 3.05) is 13.2 Å². The van der Waals surface area contributed by atoms with Crippen LogP contribution in [-0.2, 0) is 14.8 Å². The SMILES string of the molecule is O=C(NC1CCCOC1)c1cc(S(=O)(=O)NC2CC2)ccc1Br. The van der Waals surface area contributed by atoms with Gasteiger partial charge in [-0.3, -0.25) is 4.79 Å². The van der Waals surface area contributed by atoms with Crippen LogP contribution in [0.2, 0.25) is 0 Å². The van der Waals surface area contributed by atoms with Crippen LogP contribution in [0.1, 0.15) is 36.0 Å². The second kappa shape index (κ2) is 6.88. The second-order valence-electron chi connectivity index (χ2n) is 5.92. The monoisotopic (exact) mass is 402 g/mol. The molecule has 1 aromatic carbocycles. The van der Waals surface area contributed by atoms with Gasteiger partial charge in [-0.2, -0.15) is 0 Å². The summed E-state index contributed by atoms with van der Waals surface area (Å²) >= 11 is 3.32. The predicted molar refractivity (Wildman–Crippen MR) is 88.8 cm³/mol. The highest BCUT2D eigenvalue weighted by molar-refractivity contribution is 9.10. The van der Waals surface area contributed by atoms with Crippen LogP contribution >= 0.6 is 15.9 Å². The van der Waals surface area contributed by atoms with E-state index in [1.165, 1.54) is 12.1 Å². The van der Waals surface area contributed by atoms with Crippen molar-refractivity contribution in [2.45, 2.75) is 42.7 Å². The van der Waals surface area contributed by atoms with E-state index in [1.807, 2.05) is 0 Å². The Kier molecular flexibility index (Phi) is 5.05. The number of amides is 1. The Labute approximate surface area is 144 Å². The molecule has 1 aromatic rings. The molecule has 1 amide bonds. The van der Waals surface area contributed by atoms with Crippen LogP contribution in [0.4, 0.5) is 0 Å². The van der Waals surface area contributed by atoms with Crippen molar-refractivity contribution in [2.24, 2.45) is 0 Å². The molecule has 23 heavy (non-hydrogen) atoms. The molecule has 2 N–H and O–H groups in total. The maximum Gasteiger partial charge on any atom is 0.252 e. The van der Waals surface area contributed by atoms with Gasteiger partial charge >= 0.3 is 0 Å². The van der Waals surface area contributed by atoms with Gasteiger partial charge in [0.15, 0.2) is 0 Å². The summed E-state index contributed by atoms with van der Waals surface area (Å²) in [6.07, 6.45) is 3.51. The Balaban J connectivity index is 1.77. The highest BCUT2D eigenvalue weighted by Gasteiger charge is 2.29. The minimum atomic E-state index is -3.58. The van der Waals surface area contributed by atoms with Crippen molar-refractivity contribution in [3.63, 3.8) is 0 Å². The fraction of sp³-hybridized carbons (Fsp3) is 0.533. The number of benzene rings is 1. The van der Waals surface area contributed by atoms with E-state index in [2.05, 4.69) is 26.0 Å². The van der Waals surface area contributed by atoms with Crippen molar-refractivity contribution in [1.82, 2.24) is 10.0 Å². The molecule has 2 aliphatic rings. The van der Waals surface area contributed by atoms with E-state index in [-0.39, 0.29) is 22.9 Å². The Morgan fingerprint density at radius 1 is 1.22 bits per heavy atom. The van der Waals surface area contributed by atoms with E-state index < -0.39 is 10.0 Å². The van der Waals surface area contributed by atoms with E-state index in [0.29, 0.717) is 16.6 Å². The summed E-state index contributed by atoms with van der Waals surface area (Å²) in [4.78, 5) is 12.5. The Morgan fingerprint density at radius 3 is 2.65 bits per heavy atom. The molecule has 2 fully saturated rings. The summed E-state index contributed by atoms with van der Waals surface area (Å²) in [6.45, 7) is 1.21. The van der Waals surface area contributed by atoms with Gasteiger partial charge in [-0.15, -0.1) is 0 Å². The van der Waals surface area contributed by atoms with Crippen LogP contribution < -0.4 is 10.0 Å². The molecule has 1 saturated carbocycles. The summed E-state index contributed by atoms with van der Waals surface area (Å²) in [6, 6.07) is 4.49. The van der Waals surface area contributed by atoms with Gasteiger partial charge in [0.1, 0.15) is 0 Å². The summed E-state index contributed by atoms with van der Waals surface area (Å²) in [5.41, 5.74) is 0.314. The molecular formula is C15H19BrN2O4S. The van der Waals surface area contributed by atoms with Crippen LogP contribution in [0, 0.1) is 0 Å². The van der Waals surface area contributed by atoms with Crippen molar-refractivity contribution in [3.8, 4) is 0 Å². The summed E-state index contributed by atoms with van der Waals surface area (Å²) in [5.74, 6) is -0.296. The number of rotatable bonds is 5. The van der Waals surface area contributed by atoms with Crippen LogP contribution in [0.25, 0.3) is 0 Å². The minimum absolute atomic E-state index is 0.0281. The Hall–Kier alpha value is -0.960. The first-order valence-corrected chi connectivity index (χ1v) is 9.94. The van der Waals surface area contributed by atoms with Gasteiger partial charge < -0.3 is 10.1 Å². The number of halogens is 1. The molecule has 1 aliphatic carbocycles. The second-order valence-corrected chi connectivity index (χ2v) is 8.49. The van der Waals surface area contributed by atoms with E-state index in [0.717, 1.165) is 32.3 Å². The van der Waals surface area contributed by atoms with Crippen LogP contribution in [0.5, 0.6) is 0 Å². The lowest BCUT2D eigenvalue weighted by Gasteiger charge is -2.23. The lowest BCUT2D eigenvalue weighted by molar-refractivity contribution is 0.0623. The van der Waals surface area contributed by atoms with Gasteiger partial charge in [-0.25, -0.2) is 13.1 Å². The molecule has 6 nitrogen and oxygen atoms in total. The molecule has 8 heteroatoms. The van der Waals surface area contributed by atoms with E-state index in [9.17, 15) is 13.2 Å². The molecule has 0 bridgehead atoms. The molecule has 0 aromatic heterocycles. The largest absolute Gasteiger partial charge is 0.379 e. The third-order valence-electron chi connectivity index (χ3n) is 3.89. The van der Waals surface area contributed by atoms with Crippen LogP contribution in [0.15, 0.2) is 27.6 Å². The standard InChI is InChI=1S/C15H19BrN2O4S/c16-14-6-5-12(23(20,21)18-10-3-4-10)8-13(14)15(19)17-11-2-1-7-22-9-11/h5-6,8,10-11,18H,1-4,7,9H2,(H,17,19). The summed E-state index contributed by atoms with van der Waals surface area (Å²) < 4.78 is 33.1. The lowest BCUT2D eigenvalue weighted by atomic mass is 10.1. The molecule has 1 saturated heterocycles. The van der Waals surface area contributed by atoms with E-state index in [1.54, 1.807) is 6.07 Å². The lowest BCUT2D eigenvalue weighted by Crippen LogP contribution is -2.40. The molecule has 1 aliphatic heterocycles. The molecule has 3 rings (SSSR count). The number of nitrogens with one attached hydrogen (secondary N) is 2. The van der Waals surface area contributed by atoms with Crippen molar-refractivity contribution < 1.29 is 17.9 Å². The zero-order valence-electron chi connectivity index (χ0n) is 12.5. The average molecular weight is 403 g/mol. The van der Waals surface area contributed by atoms with Crippen molar-refractivity contribution in [3.05, 3.63) is 28.2 Å². The topological polar surface area (TPSA) is 84.5 Å². The highest BCUT2D eigenvalue weighted by atomic mass is 79.9. The maximum atomic E-state index is 12.4. The van der Waals surface area contributed by atoms with Gasteiger partial charge in [0.25, 0.3) is 5.91 Å². The van der Waals surface area contributed by atoms with Crippen LogP contribution in [-0.4, -0.2) is 39.6 Å². The smallest absolute Gasteiger partial charge is 0.252 e. The predicted octanol–water partition coefficient (Wildman–Crippen LogP) is 1.80. The number of ether oxygens (including phenoxy) is 1.